The Balaban J connectivity index is 2.85. The lowest BCUT2D eigenvalue weighted by Gasteiger charge is -2.27. The van der Waals surface area contributed by atoms with Crippen molar-refractivity contribution in [1.29, 1.82) is 0 Å². The highest BCUT2D eigenvalue weighted by Crippen LogP contribution is 2.23. The number of amides is 1. The molecule has 0 unspecified atom stereocenters. The van der Waals surface area contributed by atoms with Crippen LogP contribution in [-0.4, -0.2) is 38.0 Å². The average Bonchev–Trinajstić information content (AvgIpc) is 2.72. The number of sulfonamides is 1. The van der Waals surface area contributed by atoms with E-state index in [1.165, 1.54) is 26.0 Å². The molecule has 1 aromatic rings. The van der Waals surface area contributed by atoms with E-state index in [1.807, 2.05) is 0 Å². The Morgan fingerprint density at radius 1 is 1.38 bits per heavy atom. The lowest BCUT2D eigenvalue weighted by Crippen LogP contribution is -2.43. The number of hydrogen-bond acceptors (Lipinski definition) is 4. The van der Waals surface area contributed by atoms with E-state index in [-0.39, 0.29) is 10.6 Å². The van der Waals surface area contributed by atoms with E-state index < -0.39 is 34.7 Å². The Labute approximate surface area is 124 Å². The highest BCUT2D eigenvalue weighted by atomic mass is 32.2. The summed E-state index contributed by atoms with van der Waals surface area (Å²) in [5.74, 6) is -0.717. The minimum absolute atomic E-state index is 0.128. The van der Waals surface area contributed by atoms with Crippen molar-refractivity contribution in [3.05, 3.63) is 17.0 Å². The molecule has 0 aliphatic rings. The number of primary sulfonamides is 1. The van der Waals surface area contributed by atoms with E-state index in [0.29, 0.717) is 9.78 Å². The summed E-state index contributed by atoms with van der Waals surface area (Å²) < 4.78 is 59.4. The fourth-order valence-corrected chi connectivity index (χ4v) is 3.38. The van der Waals surface area contributed by atoms with Gasteiger partial charge in [-0.25, -0.2) is 13.6 Å². The van der Waals surface area contributed by atoms with Gasteiger partial charge in [0, 0.05) is 10.9 Å². The Morgan fingerprint density at radius 3 is 2.33 bits per heavy atom. The van der Waals surface area contributed by atoms with Crippen LogP contribution in [0.1, 0.15) is 18.7 Å². The minimum Gasteiger partial charge on any atom is -0.331 e. The number of rotatable bonds is 5. The van der Waals surface area contributed by atoms with Crippen LogP contribution in [0.25, 0.3) is 0 Å². The molecule has 1 rings (SSSR count). The fourth-order valence-electron chi connectivity index (χ4n) is 1.61. The van der Waals surface area contributed by atoms with E-state index in [2.05, 4.69) is 0 Å². The van der Waals surface area contributed by atoms with Crippen LogP contribution in [0.4, 0.5) is 13.2 Å². The van der Waals surface area contributed by atoms with Crippen LogP contribution in [0.3, 0.4) is 0 Å². The minimum atomic E-state index is -4.48. The third-order valence-electron chi connectivity index (χ3n) is 2.54. The number of nitrogens with two attached hydrogens (primary N) is 1. The number of halogens is 3. The van der Waals surface area contributed by atoms with Crippen molar-refractivity contribution in [3.8, 4) is 0 Å². The van der Waals surface area contributed by atoms with Gasteiger partial charge in [-0.05, 0) is 26.0 Å². The van der Waals surface area contributed by atoms with Crippen LogP contribution in [-0.2, 0) is 21.2 Å². The third-order valence-corrected chi connectivity index (χ3v) is 5.06. The van der Waals surface area contributed by atoms with Crippen LogP contribution in [0, 0.1) is 0 Å². The molecule has 5 nitrogen and oxygen atoms in total. The maximum atomic E-state index is 12.4. The maximum Gasteiger partial charge on any atom is 0.406 e. The SMILES string of the molecule is CC(C)N(CC(F)(F)F)C(=O)Cc1ccc(S(N)(=O)=O)s1. The van der Waals surface area contributed by atoms with Gasteiger partial charge in [0.25, 0.3) is 0 Å². The van der Waals surface area contributed by atoms with Crippen LogP contribution in [0.15, 0.2) is 16.3 Å². The topological polar surface area (TPSA) is 80.5 Å². The summed E-state index contributed by atoms with van der Waals surface area (Å²) in [6.07, 6.45) is -4.78. The molecule has 0 spiro atoms. The lowest BCUT2D eigenvalue weighted by atomic mass is 10.2. The van der Waals surface area contributed by atoms with E-state index in [9.17, 15) is 26.4 Å². The van der Waals surface area contributed by atoms with Crippen molar-refractivity contribution >= 4 is 27.3 Å². The summed E-state index contributed by atoms with van der Waals surface area (Å²) in [5.41, 5.74) is 0. The second kappa shape index (κ2) is 6.32. The van der Waals surface area contributed by atoms with Gasteiger partial charge in [-0.15, -0.1) is 11.3 Å². The molecule has 0 saturated heterocycles. The molecule has 21 heavy (non-hydrogen) atoms. The summed E-state index contributed by atoms with van der Waals surface area (Å²) in [5, 5.41) is 4.93. The van der Waals surface area contributed by atoms with Gasteiger partial charge in [-0.1, -0.05) is 0 Å². The number of carbonyl (C=O) groups is 1. The van der Waals surface area contributed by atoms with E-state index >= 15 is 0 Å². The molecule has 0 radical (unpaired) electrons. The normalized spacial score (nSPS) is 12.7. The highest BCUT2D eigenvalue weighted by Gasteiger charge is 2.34. The van der Waals surface area contributed by atoms with Gasteiger partial charge < -0.3 is 4.90 Å². The Kier molecular flexibility index (Phi) is 5.40. The Hall–Kier alpha value is -1.13. The van der Waals surface area contributed by atoms with Crippen LogP contribution < -0.4 is 5.14 Å². The predicted octanol–water partition coefficient (Wildman–Crippen LogP) is 1.74. The number of alkyl halides is 3. The van der Waals surface area contributed by atoms with E-state index in [4.69, 9.17) is 5.14 Å². The molecular formula is C11H15F3N2O3S2. The Morgan fingerprint density at radius 2 is 1.95 bits per heavy atom. The van der Waals surface area contributed by atoms with Crippen molar-refractivity contribution in [2.75, 3.05) is 6.54 Å². The van der Waals surface area contributed by atoms with Gasteiger partial charge in [0.1, 0.15) is 10.8 Å². The van der Waals surface area contributed by atoms with Gasteiger partial charge in [0.05, 0.1) is 6.42 Å². The standard InChI is InChI=1S/C11H15F3N2O3S2/c1-7(2)16(6-11(12,13)14)9(17)5-8-3-4-10(20-8)21(15,18)19/h3-4,7H,5-6H2,1-2H3,(H2,15,18,19). The Bertz CT molecular complexity index is 608. The summed E-state index contributed by atoms with van der Waals surface area (Å²) in [7, 11) is -3.87. The molecule has 2 N–H and O–H groups in total. The fraction of sp³-hybridized carbons (Fsp3) is 0.545. The van der Waals surface area contributed by atoms with Gasteiger partial charge >= 0.3 is 6.18 Å². The van der Waals surface area contributed by atoms with Gasteiger partial charge in [-0.3, -0.25) is 4.79 Å². The zero-order valence-corrected chi connectivity index (χ0v) is 13.0. The molecule has 1 heterocycles. The third kappa shape index (κ3) is 5.64. The summed E-state index contributed by atoms with van der Waals surface area (Å²) >= 11 is 0.774. The first-order valence-corrected chi connectivity index (χ1v) is 8.24. The number of hydrogen-bond donors (Lipinski definition) is 1. The molecule has 0 fully saturated rings. The average molecular weight is 344 g/mol. The zero-order chi connectivity index (χ0) is 16.4. The van der Waals surface area contributed by atoms with Gasteiger partial charge in [-0.2, -0.15) is 13.2 Å². The molecule has 1 aromatic heterocycles. The monoisotopic (exact) mass is 344 g/mol. The maximum absolute atomic E-state index is 12.4. The summed E-state index contributed by atoms with van der Waals surface area (Å²) in [6.45, 7) is 1.62. The van der Waals surface area contributed by atoms with E-state index in [1.54, 1.807) is 0 Å². The molecular weight excluding hydrogens is 329 g/mol. The molecule has 1 amide bonds. The van der Waals surface area contributed by atoms with E-state index in [0.717, 1.165) is 11.3 Å². The molecule has 10 heteroatoms. The molecule has 0 bridgehead atoms. The van der Waals surface area contributed by atoms with Crippen molar-refractivity contribution < 1.29 is 26.4 Å². The van der Waals surface area contributed by atoms with Gasteiger partial charge in [0.2, 0.25) is 15.9 Å². The first-order chi connectivity index (χ1) is 9.40. The van der Waals surface area contributed by atoms with Crippen LogP contribution in [0.5, 0.6) is 0 Å². The van der Waals surface area contributed by atoms with Gasteiger partial charge in [0.15, 0.2) is 0 Å². The predicted molar refractivity (Wildman–Crippen MR) is 72.3 cm³/mol. The second-order valence-electron chi connectivity index (χ2n) is 4.67. The molecule has 0 atom stereocenters. The summed E-state index contributed by atoms with van der Waals surface area (Å²) in [4.78, 5) is 13.0. The van der Waals surface area contributed by atoms with Crippen LogP contribution in [0.2, 0.25) is 0 Å². The zero-order valence-electron chi connectivity index (χ0n) is 11.3. The highest BCUT2D eigenvalue weighted by molar-refractivity contribution is 7.91. The lowest BCUT2D eigenvalue weighted by molar-refractivity contribution is -0.164. The number of nitrogens with zero attached hydrogens (tertiary/aromatic N) is 1. The number of thiophene rings is 1. The van der Waals surface area contributed by atoms with Crippen molar-refractivity contribution in [2.24, 2.45) is 5.14 Å². The first-order valence-electron chi connectivity index (χ1n) is 5.88. The first kappa shape index (κ1) is 17.9. The van der Waals surface area contributed by atoms with Crippen molar-refractivity contribution in [3.63, 3.8) is 0 Å². The van der Waals surface area contributed by atoms with Crippen LogP contribution >= 0.6 is 11.3 Å². The van der Waals surface area contributed by atoms with Crippen molar-refractivity contribution in [1.82, 2.24) is 4.90 Å². The quantitative estimate of drug-likeness (QED) is 0.883. The second-order valence-corrected chi connectivity index (χ2v) is 7.63. The molecule has 0 saturated carbocycles. The number of carbonyl (C=O) groups excluding carboxylic acids is 1. The smallest absolute Gasteiger partial charge is 0.331 e. The summed E-state index contributed by atoms with van der Waals surface area (Å²) in [6, 6.07) is 1.98. The molecule has 0 aromatic carbocycles. The molecule has 120 valence electrons. The molecule has 0 aliphatic carbocycles. The van der Waals surface area contributed by atoms with Crippen molar-refractivity contribution in [2.45, 2.75) is 36.7 Å². The molecule has 0 aliphatic heterocycles. The largest absolute Gasteiger partial charge is 0.406 e.